The van der Waals surface area contributed by atoms with Crippen LogP contribution in [-0.4, -0.2) is 5.12 Å². The van der Waals surface area contributed by atoms with Crippen molar-refractivity contribution in [3.8, 4) is 0 Å². The minimum Gasteiger partial charge on any atom is -0.286 e. The van der Waals surface area contributed by atoms with Crippen LogP contribution in [0.1, 0.15) is 29.5 Å². The summed E-state index contributed by atoms with van der Waals surface area (Å²) in [4.78, 5) is 13.3. The van der Waals surface area contributed by atoms with Gasteiger partial charge in [0.2, 0.25) is 5.12 Å². The lowest BCUT2D eigenvalue weighted by atomic mass is 10.0. The highest BCUT2D eigenvalue weighted by Crippen LogP contribution is 2.28. The van der Waals surface area contributed by atoms with Crippen molar-refractivity contribution < 1.29 is 4.79 Å². The van der Waals surface area contributed by atoms with Gasteiger partial charge in [-0.2, -0.15) is 0 Å². The Labute approximate surface area is 124 Å². The monoisotopic (exact) mass is 282 g/mol. The summed E-state index contributed by atoms with van der Waals surface area (Å²) in [5.74, 6) is -0.124. The third-order valence-corrected chi connectivity index (χ3v) is 4.30. The molecule has 0 amide bonds. The van der Waals surface area contributed by atoms with E-state index in [0.29, 0.717) is 0 Å². The van der Waals surface area contributed by atoms with Gasteiger partial charge in [-0.05, 0) is 30.2 Å². The lowest BCUT2D eigenvalue weighted by Crippen LogP contribution is -2.05. The maximum atomic E-state index is 12.3. The molecule has 0 N–H and O–H groups in total. The number of aryl methyl sites for hydroxylation is 1. The Morgan fingerprint density at radius 3 is 2.55 bits per heavy atom. The normalized spacial score (nSPS) is 11.9. The molecule has 2 aromatic carbocycles. The quantitative estimate of drug-likeness (QED) is 0.729. The van der Waals surface area contributed by atoms with Gasteiger partial charge in [-0.25, -0.2) is 0 Å². The molecule has 0 aromatic heterocycles. The predicted molar refractivity (Wildman–Crippen MR) is 87.0 cm³/mol. The smallest absolute Gasteiger partial charge is 0.200 e. The molecule has 20 heavy (non-hydrogen) atoms. The molecule has 0 radical (unpaired) electrons. The molecular formula is C18H18OS. The molecule has 1 nitrogen and oxygen atoms in total. The van der Waals surface area contributed by atoms with Crippen LogP contribution in [-0.2, 0) is 4.79 Å². The summed E-state index contributed by atoms with van der Waals surface area (Å²) in [6.45, 7) is 7.75. The largest absolute Gasteiger partial charge is 0.286 e. The molecule has 2 aromatic rings. The van der Waals surface area contributed by atoms with Crippen molar-refractivity contribution in [3.63, 3.8) is 0 Å². The number of carbonyl (C=O) groups is 1. The lowest BCUT2D eigenvalue weighted by molar-refractivity contribution is -0.111. The topological polar surface area (TPSA) is 17.1 Å². The Morgan fingerprint density at radius 1 is 1.20 bits per heavy atom. The second-order valence-electron chi connectivity index (χ2n) is 4.83. The van der Waals surface area contributed by atoms with Crippen LogP contribution in [0.5, 0.6) is 0 Å². The molecule has 1 atom stereocenters. The van der Waals surface area contributed by atoms with Crippen molar-refractivity contribution in [1.82, 2.24) is 0 Å². The Morgan fingerprint density at radius 2 is 1.90 bits per heavy atom. The summed E-state index contributed by atoms with van der Waals surface area (Å²) < 4.78 is 0. The summed E-state index contributed by atoms with van der Waals surface area (Å²) in [6.07, 6.45) is 1.80. The van der Waals surface area contributed by atoms with E-state index in [4.69, 9.17) is 0 Å². The first-order chi connectivity index (χ1) is 9.60. The fourth-order valence-electron chi connectivity index (χ4n) is 1.90. The molecule has 2 heteroatoms. The number of thioether (sulfide) groups is 1. The molecule has 0 saturated carbocycles. The van der Waals surface area contributed by atoms with Gasteiger partial charge in [0.1, 0.15) is 0 Å². The van der Waals surface area contributed by atoms with Crippen LogP contribution in [0.4, 0.5) is 0 Å². The summed E-state index contributed by atoms with van der Waals surface area (Å²) in [5, 5.41) is 0.162. The molecule has 1 unspecified atom stereocenters. The van der Waals surface area contributed by atoms with Crippen molar-refractivity contribution in [2.24, 2.45) is 0 Å². The number of rotatable bonds is 4. The maximum absolute atomic E-state index is 12.3. The second-order valence-corrected chi connectivity index (χ2v) is 5.91. The Hall–Kier alpha value is -1.80. The molecule has 0 spiro atoms. The van der Waals surface area contributed by atoms with E-state index in [1.165, 1.54) is 17.3 Å². The van der Waals surface area contributed by atoms with E-state index in [9.17, 15) is 4.79 Å². The molecule has 0 aliphatic carbocycles. The van der Waals surface area contributed by atoms with E-state index >= 15 is 0 Å². The zero-order valence-electron chi connectivity index (χ0n) is 11.8. The highest BCUT2D eigenvalue weighted by atomic mass is 32.2. The fourth-order valence-corrected chi connectivity index (χ4v) is 2.72. The van der Waals surface area contributed by atoms with Gasteiger partial charge in [0, 0.05) is 4.90 Å². The molecule has 0 fully saturated rings. The molecule has 0 heterocycles. The van der Waals surface area contributed by atoms with E-state index in [0.717, 1.165) is 16.0 Å². The fraction of sp³-hybridized carbons (Fsp3) is 0.167. The Bertz CT molecular complexity index is 614. The third kappa shape index (κ3) is 3.61. The van der Waals surface area contributed by atoms with Gasteiger partial charge >= 0.3 is 0 Å². The van der Waals surface area contributed by atoms with Gasteiger partial charge in [-0.1, -0.05) is 73.3 Å². The summed E-state index contributed by atoms with van der Waals surface area (Å²) in [6, 6.07) is 16.0. The zero-order valence-corrected chi connectivity index (χ0v) is 12.6. The summed E-state index contributed by atoms with van der Waals surface area (Å²) in [5.41, 5.74) is 3.28. The van der Waals surface area contributed by atoms with Crippen LogP contribution >= 0.6 is 11.8 Å². The van der Waals surface area contributed by atoms with Crippen LogP contribution < -0.4 is 0 Å². The lowest BCUT2D eigenvalue weighted by Gasteiger charge is -2.11. The second kappa shape index (κ2) is 6.58. The SMILES string of the molecule is C=Cc1cccc(C(C)C(=O)Sc2ccc(C)cc2)c1. The van der Waals surface area contributed by atoms with E-state index in [1.54, 1.807) is 6.08 Å². The van der Waals surface area contributed by atoms with E-state index in [2.05, 4.69) is 6.58 Å². The molecule has 102 valence electrons. The van der Waals surface area contributed by atoms with E-state index in [-0.39, 0.29) is 11.0 Å². The number of hydrogen-bond acceptors (Lipinski definition) is 2. The molecule has 0 aliphatic heterocycles. The molecule has 2 rings (SSSR count). The average molecular weight is 282 g/mol. The minimum atomic E-state index is -0.124. The van der Waals surface area contributed by atoms with Gasteiger partial charge in [0.25, 0.3) is 0 Å². The molecule has 0 bridgehead atoms. The minimum absolute atomic E-state index is 0.124. The highest BCUT2D eigenvalue weighted by Gasteiger charge is 2.16. The van der Waals surface area contributed by atoms with Crippen molar-refractivity contribution >= 4 is 23.0 Å². The van der Waals surface area contributed by atoms with Crippen LogP contribution in [0.25, 0.3) is 6.08 Å². The van der Waals surface area contributed by atoms with E-state index < -0.39 is 0 Å². The maximum Gasteiger partial charge on any atom is 0.200 e. The third-order valence-electron chi connectivity index (χ3n) is 3.24. The van der Waals surface area contributed by atoms with Gasteiger partial charge in [-0.15, -0.1) is 0 Å². The van der Waals surface area contributed by atoms with Gasteiger partial charge in [-0.3, -0.25) is 4.79 Å². The van der Waals surface area contributed by atoms with Crippen molar-refractivity contribution in [2.45, 2.75) is 24.7 Å². The molecule has 0 saturated heterocycles. The average Bonchev–Trinajstić information content (AvgIpc) is 2.48. The van der Waals surface area contributed by atoms with Gasteiger partial charge in [0.15, 0.2) is 0 Å². The first-order valence-corrected chi connectivity index (χ1v) is 7.42. The van der Waals surface area contributed by atoms with Crippen molar-refractivity contribution in [3.05, 3.63) is 71.8 Å². The van der Waals surface area contributed by atoms with Crippen molar-refractivity contribution in [1.29, 1.82) is 0 Å². The molecule has 0 aliphatic rings. The van der Waals surface area contributed by atoms with E-state index in [1.807, 2.05) is 62.4 Å². The van der Waals surface area contributed by atoms with Crippen molar-refractivity contribution in [2.75, 3.05) is 0 Å². The summed E-state index contributed by atoms with van der Waals surface area (Å²) >= 11 is 1.30. The highest BCUT2D eigenvalue weighted by molar-refractivity contribution is 8.13. The predicted octanol–water partition coefficient (Wildman–Crippen LogP) is 5.06. The number of hydrogen-bond donors (Lipinski definition) is 0. The number of carbonyl (C=O) groups excluding carboxylic acids is 1. The number of benzene rings is 2. The first-order valence-electron chi connectivity index (χ1n) is 6.61. The van der Waals surface area contributed by atoms with Crippen LogP contribution in [0.15, 0.2) is 60.0 Å². The zero-order chi connectivity index (χ0) is 14.5. The van der Waals surface area contributed by atoms with Crippen LogP contribution in [0.3, 0.4) is 0 Å². The van der Waals surface area contributed by atoms with Gasteiger partial charge < -0.3 is 0 Å². The first kappa shape index (κ1) is 14.6. The van der Waals surface area contributed by atoms with Gasteiger partial charge in [0.05, 0.1) is 5.92 Å². The standard InChI is InChI=1S/C18H18OS/c1-4-15-6-5-7-16(12-15)14(3)18(19)20-17-10-8-13(2)9-11-17/h4-12,14H,1H2,2-3H3. The molecular weight excluding hydrogens is 264 g/mol. The Kier molecular flexibility index (Phi) is 4.80. The Balaban J connectivity index is 2.11. The summed E-state index contributed by atoms with van der Waals surface area (Å²) in [7, 11) is 0. The van der Waals surface area contributed by atoms with Crippen LogP contribution in [0, 0.1) is 6.92 Å². The van der Waals surface area contributed by atoms with Crippen LogP contribution in [0.2, 0.25) is 0 Å².